The normalized spacial score (nSPS) is 12.7. The molecule has 164 valence electrons. The van der Waals surface area contributed by atoms with E-state index in [4.69, 9.17) is 0 Å². The molecule has 2 aromatic rings. The molecule has 2 rings (SSSR count). The van der Waals surface area contributed by atoms with Crippen molar-refractivity contribution in [1.82, 2.24) is 4.31 Å². The number of benzene rings is 2. The minimum absolute atomic E-state index is 0.0310. The van der Waals surface area contributed by atoms with Crippen molar-refractivity contribution >= 4 is 21.6 Å². The lowest BCUT2D eigenvalue weighted by molar-refractivity contribution is -0.682. The summed E-state index contributed by atoms with van der Waals surface area (Å²) in [7, 11) is -3.46. The number of carbonyl (C=O) groups is 1. The maximum absolute atomic E-state index is 12.6. The van der Waals surface area contributed by atoms with Crippen molar-refractivity contribution in [3.05, 3.63) is 59.2 Å². The molecule has 0 unspecified atom stereocenters. The summed E-state index contributed by atoms with van der Waals surface area (Å²) in [6, 6.07) is 13.0. The first-order valence-electron chi connectivity index (χ1n) is 10.6. The van der Waals surface area contributed by atoms with Gasteiger partial charge in [-0.3, -0.25) is 4.79 Å². The summed E-state index contributed by atoms with van der Waals surface area (Å²) in [5.74, 6) is -0.0495. The number of carbonyl (C=O) groups excluding carboxylic acids is 1. The highest BCUT2D eigenvalue weighted by molar-refractivity contribution is 7.89. The maximum Gasteiger partial charge on any atom is 0.279 e. The van der Waals surface area contributed by atoms with Gasteiger partial charge in [0.25, 0.3) is 5.91 Å². The van der Waals surface area contributed by atoms with Crippen LogP contribution in [0.3, 0.4) is 0 Å². The molecule has 0 aliphatic carbocycles. The molecule has 7 heteroatoms. The summed E-state index contributed by atoms with van der Waals surface area (Å²) < 4.78 is 26.7. The Kier molecular flexibility index (Phi) is 8.58. The van der Waals surface area contributed by atoms with Crippen molar-refractivity contribution < 1.29 is 18.5 Å². The maximum atomic E-state index is 12.6. The fraction of sp³-hybridized carbons (Fsp3) is 0.435. The second kappa shape index (κ2) is 10.7. The van der Waals surface area contributed by atoms with Gasteiger partial charge in [0.1, 0.15) is 6.04 Å². The monoisotopic (exact) mass is 432 g/mol. The Balaban J connectivity index is 2.00. The van der Waals surface area contributed by atoms with Gasteiger partial charge in [0.2, 0.25) is 10.0 Å². The Morgan fingerprint density at radius 3 is 2.27 bits per heavy atom. The number of aryl methyl sites for hydroxylation is 2. The third kappa shape index (κ3) is 5.68. The average Bonchev–Trinajstić information content (AvgIpc) is 2.74. The first-order valence-corrected chi connectivity index (χ1v) is 12.0. The number of nitrogens with one attached hydrogen (secondary N) is 1. The topological polar surface area (TPSA) is 83.1 Å². The zero-order valence-electron chi connectivity index (χ0n) is 18.6. The van der Waals surface area contributed by atoms with Crippen LogP contribution in [0.2, 0.25) is 0 Å². The zero-order valence-corrected chi connectivity index (χ0v) is 19.4. The molecule has 0 spiro atoms. The molecular formula is C23H34N3O3S+. The van der Waals surface area contributed by atoms with Gasteiger partial charge in [-0.15, -0.1) is 0 Å². The lowest BCUT2D eigenvalue weighted by Gasteiger charge is -2.19. The van der Waals surface area contributed by atoms with Crippen molar-refractivity contribution in [2.75, 3.05) is 25.0 Å². The van der Waals surface area contributed by atoms with Gasteiger partial charge in [-0.25, -0.2) is 8.42 Å². The third-order valence-electron chi connectivity index (χ3n) is 5.41. The van der Waals surface area contributed by atoms with E-state index >= 15 is 0 Å². The number of nitrogens with two attached hydrogens (primary N) is 1. The first-order chi connectivity index (χ1) is 14.2. The van der Waals surface area contributed by atoms with Gasteiger partial charge >= 0.3 is 0 Å². The van der Waals surface area contributed by atoms with Gasteiger partial charge in [0.05, 0.1) is 4.90 Å². The molecular weight excluding hydrogens is 398 g/mol. The molecule has 30 heavy (non-hydrogen) atoms. The lowest BCUT2D eigenvalue weighted by atomic mass is 10.1. The molecule has 2 aromatic carbocycles. The molecule has 0 aliphatic heterocycles. The summed E-state index contributed by atoms with van der Waals surface area (Å²) in [6.07, 6.45) is 0.861. The van der Waals surface area contributed by atoms with Crippen molar-refractivity contribution in [2.24, 2.45) is 0 Å². The summed E-state index contributed by atoms with van der Waals surface area (Å²) in [4.78, 5) is 12.8. The van der Waals surface area contributed by atoms with Gasteiger partial charge in [-0.05, 0) is 43.5 Å². The van der Waals surface area contributed by atoms with E-state index in [0.29, 0.717) is 18.0 Å². The number of amides is 1. The van der Waals surface area contributed by atoms with Gasteiger partial charge in [0.15, 0.2) is 6.54 Å². The van der Waals surface area contributed by atoms with E-state index in [9.17, 15) is 13.2 Å². The standard InChI is InChI=1S/C23H33N3O3S/c1-6-19-11-9-10-17(4)23(19)25-22(27)16-24-18(5)20-12-14-21(15-13-20)30(28,29)26(7-2)8-3/h9-15,18,24H,6-8,16H2,1-5H3,(H,25,27)/p+1/t18-/m1/s1. The van der Waals surface area contributed by atoms with E-state index in [2.05, 4.69) is 12.2 Å². The Bertz CT molecular complexity index is 952. The largest absolute Gasteiger partial charge is 0.333 e. The molecule has 1 atom stereocenters. The van der Waals surface area contributed by atoms with E-state index < -0.39 is 10.0 Å². The van der Waals surface area contributed by atoms with Crippen molar-refractivity contribution in [3.63, 3.8) is 0 Å². The van der Waals surface area contributed by atoms with E-state index in [1.807, 2.05) is 63.3 Å². The number of quaternary nitrogens is 1. The molecule has 0 aromatic heterocycles. The van der Waals surface area contributed by atoms with Crippen LogP contribution in [0.1, 0.15) is 50.4 Å². The highest BCUT2D eigenvalue weighted by Gasteiger charge is 2.22. The minimum atomic E-state index is -3.46. The van der Waals surface area contributed by atoms with E-state index in [1.54, 1.807) is 12.1 Å². The van der Waals surface area contributed by atoms with Gasteiger partial charge in [-0.1, -0.05) is 51.1 Å². The lowest BCUT2D eigenvalue weighted by Crippen LogP contribution is -2.86. The summed E-state index contributed by atoms with van der Waals surface area (Å²) in [6.45, 7) is 10.9. The van der Waals surface area contributed by atoms with Gasteiger partial charge < -0.3 is 10.6 Å². The third-order valence-corrected chi connectivity index (χ3v) is 7.47. The number of rotatable bonds is 10. The molecule has 1 amide bonds. The zero-order chi connectivity index (χ0) is 22.3. The average molecular weight is 433 g/mol. The first kappa shape index (κ1) is 24.1. The van der Waals surface area contributed by atoms with Crippen molar-refractivity contribution in [3.8, 4) is 0 Å². The highest BCUT2D eigenvalue weighted by Crippen LogP contribution is 2.21. The Morgan fingerprint density at radius 2 is 1.70 bits per heavy atom. The van der Waals surface area contributed by atoms with Crippen LogP contribution < -0.4 is 10.6 Å². The number of nitrogens with zero attached hydrogens (tertiary/aromatic N) is 1. The van der Waals surface area contributed by atoms with E-state index in [1.165, 1.54) is 4.31 Å². The molecule has 6 nitrogen and oxygen atoms in total. The number of para-hydroxylation sites is 1. The molecule has 0 fully saturated rings. The number of anilines is 1. The second-order valence-corrected chi connectivity index (χ2v) is 9.34. The SMILES string of the molecule is CCc1cccc(C)c1NC(=O)C[NH2+][C@H](C)c1ccc(S(=O)(=O)N(CC)CC)cc1. The number of sulfonamides is 1. The fourth-order valence-corrected chi connectivity index (χ4v) is 4.93. The van der Waals surface area contributed by atoms with Crippen LogP contribution in [0.25, 0.3) is 0 Å². The van der Waals surface area contributed by atoms with E-state index in [0.717, 1.165) is 28.8 Å². The predicted molar refractivity (Wildman–Crippen MR) is 121 cm³/mol. The second-order valence-electron chi connectivity index (χ2n) is 7.40. The van der Waals surface area contributed by atoms with Crippen LogP contribution in [0.5, 0.6) is 0 Å². The Hall–Kier alpha value is -2.22. The molecule has 0 saturated carbocycles. The molecule has 0 radical (unpaired) electrons. The van der Waals surface area contributed by atoms with Crippen molar-refractivity contribution in [2.45, 2.75) is 52.0 Å². The summed E-state index contributed by atoms with van der Waals surface area (Å²) in [5, 5.41) is 4.99. The number of hydrogen-bond donors (Lipinski definition) is 2. The van der Waals surface area contributed by atoms with Gasteiger partial charge in [0, 0.05) is 24.3 Å². The van der Waals surface area contributed by atoms with Crippen LogP contribution in [-0.2, 0) is 21.2 Å². The fourth-order valence-electron chi connectivity index (χ4n) is 3.47. The molecule has 0 heterocycles. The molecule has 0 aliphatic rings. The molecule has 3 N–H and O–H groups in total. The van der Waals surface area contributed by atoms with Crippen molar-refractivity contribution in [1.29, 1.82) is 0 Å². The number of hydrogen-bond acceptors (Lipinski definition) is 3. The van der Waals surface area contributed by atoms with Crippen LogP contribution in [0.15, 0.2) is 47.4 Å². The van der Waals surface area contributed by atoms with Crippen LogP contribution in [0.4, 0.5) is 5.69 Å². The summed E-state index contributed by atoms with van der Waals surface area (Å²) >= 11 is 0. The summed E-state index contributed by atoms with van der Waals surface area (Å²) in [5.41, 5.74) is 4.06. The minimum Gasteiger partial charge on any atom is -0.333 e. The van der Waals surface area contributed by atoms with Crippen LogP contribution >= 0.6 is 0 Å². The Labute approximate surface area is 180 Å². The predicted octanol–water partition coefficient (Wildman–Crippen LogP) is 2.85. The molecule has 0 saturated heterocycles. The van der Waals surface area contributed by atoms with Gasteiger partial charge in [-0.2, -0.15) is 4.31 Å². The van der Waals surface area contributed by atoms with E-state index in [-0.39, 0.29) is 18.5 Å². The van der Waals surface area contributed by atoms with Crippen LogP contribution in [0, 0.1) is 6.92 Å². The quantitative estimate of drug-likeness (QED) is 0.606. The highest BCUT2D eigenvalue weighted by atomic mass is 32.2. The molecule has 0 bridgehead atoms. The Morgan fingerprint density at radius 1 is 1.07 bits per heavy atom. The smallest absolute Gasteiger partial charge is 0.279 e. The van der Waals surface area contributed by atoms with Crippen LogP contribution in [-0.4, -0.2) is 38.3 Å².